The Morgan fingerprint density at radius 1 is 1.21 bits per heavy atom. The van der Waals surface area contributed by atoms with Gasteiger partial charge < -0.3 is 20.7 Å². The SMILES string of the molecule is CNc1cc(C)nc(Nc2ccc(OC)c(-n3nccc3CNC(C)=O)c2)n1. The lowest BCUT2D eigenvalue weighted by Gasteiger charge is -2.14. The minimum absolute atomic E-state index is 0.105. The quantitative estimate of drug-likeness (QED) is 0.577. The second-order valence-corrected chi connectivity index (χ2v) is 6.12. The fraction of sp³-hybridized carbons (Fsp3) is 0.263. The first-order valence-electron chi connectivity index (χ1n) is 8.76. The zero-order valence-electron chi connectivity index (χ0n) is 16.3. The number of aromatic nitrogens is 4. The predicted octanol–water partition coefficient (Wildman–Crippen LogP) is 2.40. The van der Waals surface area contributed by atoms with Crippen LogP contribution in [-0.2, 0) is 11.3 Å². The van der Waals surface area contributed by atoms with Gasteiger partial charge in [0.15, 0.2) is 0 Å². The Balaban J connectivity index is 1.94. The number of hydrogen-bond donors (Lipinski definition) is 3. The lowest BCUT2D eigenvalue weighted by Crippen LogP contribution is -2.21. The number of aryl methyl sites for hydroxylation is 1. The lowest BCUT2D eigenvalue weighted by molar-refractivity contribution is -0.119. The molecule has 0 saturated carbocycles. The van der Waals surface area contributed by atoms with Gasteiger partial charge in [0.05, 0.1) is 19.3 Å². The van der Waals surface area contributed by atoms with Crippen molar-refractivity contribution in [1.29, 1.82) is 0 Å². The van der Waals surface area contributed by atoms with Crippen molar-refractivity contribution in [2.45, 2.75) is 20.4 Å². The van der Waals surface area contributed by atoms with Gasteiger partial charge in [-0.1, -0.05) is 0 Å². The fourth-order valence-corrected chi connectivity index (χ4v) is 2.71. The van der Waals surface area contributed by atoms with E-state index in [0.717, 1.165) is 28.6 Å². The summed E-state index contributed by atoms with van der Waals surface area (Å²) in [5.74, 6) is 1.76. The van der Waals surface area contributed by atoms with E-state index in [2.05, 4.69) is 31.0 Å². The smallest absolute Gasteiger partial charge is 0.229 e. The Morgan fingerprint density at radius 3 is 2.75 bits per heavy atom. The van der Waals surface area contributed by atoms with Gasteiger partial charge in [0.1, 0.15) is 17.3 Å². The molecule has 9 nitrogen and oxygen atoms in total. The maximum Gasteiger partial charge on any atom is 0.229 e. The highest BCUT2D eigenvalue weighted by molar-refractivity contribution is 5.72. The van der Waals surface area contributed by atoms with E-state index in [0.29, 0.717) is 18.2 Å². The van der Waals surface area contributed by atoms with E-state index in [1.54, 1.807) is 18.0 Å². The third-order valence-corrected chi connectivity index (χ3v) is 4.01. The van der Waals surface area contributed by atoms with Crippen molar-refractivity contribution in [3.63, 3.8) is 0 Å². The first kappa shape index (κ1) is 19.2. The molecule has 0 aliphatic rings. The number of nitrogens with zero attached hydrogens (tertiary/aromatic N) is 4. The molecule has 0 aliphatic carbocycles. The normalized spacial score (nSPS) is 10.4. The first-order chi connectivity index (χ1) is 13.5. The fourth-order valence-electron chi connectivity index (χ4n) is 2.71. The van der Waals surface area contributed by atoms with E-state index in [1.165, 1.54) is 6.92 Å². The number of carbonyl (C=O) groups is 1. The zero-order chi connectivity index (χ0) is 20.1. The van der Waals surface area contributed by atoms with Crippen LogP contribution in [0.4, 0.5) is 17.5 Å². The van der Waals surface area contributed by atoms with E-state index >= 15 is 0 Å². The van der Waals surface area contributed by atoms with Crippen LogP contribution in [0.1, 0.15) is 18.3 Å². The monoisotopic (exact) mass is 381 g/mol. The number of carbonyl (C=O) groups excluding carboxylic acids is 1. The minimum atomic E-state index is -0.105. The highest BCUT2D eigenvalue weighted by Crippen LogP contribution is 2.28. The molecular weight excluding hydrogens is 358 g/mol. The van der Waals surface area contributed by atoms with Gasteiger partial charge >= 0.3 is 0 Å². The van der Waals surface area contributed by atoms with E-state index in [9.17, 15) is 4.79 Å². The van der Waals surface area contributed by atoms with Crippen molar-refractivity contribution in [3.8, 4) is 11.4 Å². The molecule has 0 spiro atoms. The molecule has 9 heteroatoms. The molecule has 0 radical (unpaired) electrons. The molecule has 28 heavy (non-hydrogen) atoms. The maximum atomic E-state index is 11.3. The van der Waals surface area contributed by atoms with Crippen molar-refractivity contribution < 1.29 is 9.53 Å². The first-order valence-corrected chi connectivity index (χ1v) is 8.76. The van der Waals surface area contributed by atoms with Crippen LogP contribution in [0, 0.1) is 6.92 Å². The Morgan fingerprint density at radius 2 is 2.04 bits per heavy atom. The number of ether oxygens (including phenoxy) is 1. The van der Waals surface area contributed by atoms with Gasteiger partial charge in [-0.2, -0.15) is 10.1 Å². The molecule has 3 aromatic rings. The van der Waals surface area contributed by atoms with Crippen molar-refractivity contribution in [1.82, 2.24) is 25.1 Å². The van der Waals surface area contributed by atoms with Gasteiger partial charge in [0, 0.05) is 37.6 Å². The van der Waals surface area contributed by atoms with Crippen LogP contribution in [0.15, 0.2) is 36.5 Å². The molecule has 2 aromatic heterocycles. The Kier molecular flexibility index (Phi) is 5.73. The summed E-state index contributed by atoms with van der Waals surface area (Å²) in [5, 5.41) is 13.4. The average molecular weight is 381 g/mol. The van der Waals surface area contributed by atoms with Crippen LogP contribution in [0.3, 0.4) is 0 Å². The second-order valence-electron chi connectivity index (χ2n) is 6.12. The molecule has 146 valence electrons. The topological polar surface area (TPSA) is 106 Å². The van der Waals surface area contributed by atoms with Crippen molar-refractivity contribution in [2.24, 2.45) is 0 Å². The summed E-state index contributed by atoms with van der Waals surface area (Å²) in [7, 11) is 3.41. The summed E-state index contributed by atoms with van der Waals surface area (Å²) in [6.45, 7) is 3.75. The van der Waals surface area contributed by atoms with Crippen LogP contribution in [0.25, 0.3) is 5.69 Å². The third-order valence-electron chi connectivity index (χ3n) is 4.01. The molecule has 0 bridgehead atoms. The van der Waals surface area contributed by atoms with Crippen LogP contribution in [0.5, 0.6) is 5.75 Å². The van der Waals surface area contributed by atoms with E-state index < -0.39 is 0 Å². The number of nitrogens with one attached hydrogen (secondary N) is 3. The molecular formula is C19H23N7O2. The number of amides is 1. The maximum absolute atomic E-state index is 11.3. The summed E-state index contributed by atoms with van der Waals surface area (Å²) >= 11 is 0. The standard InChI is InChI=1S/C19H23N7O2/c1-12-9-18(20-3)25-19(23-12)24-14-5-6-17(28-4)16(10-14)26-15(7-8-22-26)11-21-13(2)27/h5-10H,11H2,1-4H3,(H,21,27)(H2,20,23,24,25). The van der Waals surface area contributed by atoms with E-state index in [4.69, 9.17) is 4.74 Å². The zero-order valence-corrected chi connectivity index (χ0v) is 16.3. The van der Waals surface area contributed by atoms with E-state index in [1.807, 2.05) is 44.3 Å². The van der Waals surface area contributed by atoms with Crippen LogP contribution < -0.4 is 20.7 Å². The third kappa shape index (κ3) is 4.37. The van der Waals surface area contributed by atoms with Crippen molar-refractivity contribution >= 4 is 23.4 Å². The number of hydrogen-bond acceptors (Lipinski definition) is 7. The molecule has 3 rings (SSSR count). The molecule has 0 atom stereocenters. The lowest BCUT2D eigenvalue weighted by atomic mass is 10.2. The van der Waals surface area contributed by atoms with E-state index in [-0.39, 0.29) is 5.91 Å². The van der Waals surface area contributed by atoms with Crippen molar-refractivity contribution in [2.75, 3.05) is 24.8 Å². The van der Waals surface area contributed by atoms with Crippen LogP contribution in [0.2, 0.25) is 0 Å². The molecule has 0 saturated heterocycles. The molecule has 3 N–H and O–H groups in total. The van der Waals surface area contributed by atoms with Crippen molar-refractivity contribution in [3.05, 3.63) is 47.9 Å². The summed E-state index contributed by atoms with van der Waals surface area (Å²) in [6, 6.07) is 9.33. The summed E-state index contributed by atoms with van der Waals surface area (Å²) < 4.78 is 7.23. The largest absolute Gasteiger partial charge is 0.494 e. The second kappa shape index (κ2) is 8.38. The average Bonchev–Trinajstić information content (AvgIpc) is 3.14. The number of methoxy groups -OCH3 is 1. The summed E-state index contributed by atoms with van der Waals surface area (Å²) in [4.78, 5) is 20.1. The predicted molar refractivity (Wildman–Crippen MR) is 107 cm³/mol. The minimum Gasteiger partial charge on any atom is -0.494 e. The van der Waals surface area contributed by atoms with Crippen LogP contribution in [-0.4, -0.2) is 39.8 Å². The van der Waals surface area contributed by atoms with Gasteiger partial charge in [-0.05, 0) is 31.2 Å². The van der Waals surface area contributed by atoms with Gasteiger partial charge in [-0.15, -0.1) is 0 Å². The van der Waals surface area contributed by atoms with Crippen LogP contribution >= 0.6 is 0 Å². The Bertz CT molecular complexity index is 984. The Hall–Kier alpha value is -3.62. The summed E-state index contributed by atoms with van der Waals surface area (Å²) in [6.07, 6.45) is 1.68. The van der Waals surface area contributed by atoms with Gasteiger partial charge in [0.25, 0.3) is 0 Å². The molecule has 2 heterocycles. The highest BCUT2D eigenvalue weighted by Gasteiger charge is 2.13. The molecule has 0 fully saturated rings. The number of anilines is 3. The Labute approximate surface area is 163 Å². The highest BCUT2D eigenvalue weighted by atomic mass is 16.5. The van der Waals surface area contributed by atoms with Gasteiger partial charge in [-0.25, -0.2) is 9.67 Å². The number of benzene rings is 1. The molecule has 1 amide bonds. The van der Waals surface area contributed by atoms with Gasteiger partial charge in [-0.3, -0.25) is 4.79 Å². The molecule has 1 aromatic carbocycles. The molecule has 0 aliphatic heterocycles. The molecule has 0 unspecified atom stereocenters. The summed E-state index contributed by atoms with van der Waals surface area (Å²) in [5.41, 5.74) is 3.19. The van der Waals surface area contributed by atoms with Gasteiger partial charge in [0.2, 0.25) is 11.9 Å². The number of rotatable bonds is 7.